The summed E-state index contributed by atoms with van der Waals surface area (Å²) < 4.78 is 0. The van der Waals surface area contributed by atoms with Gasteiger partial charge in [0.1, 0.15) is 0 Å². The molecule has 1 rings (SSSR count). The number of rotatable bonds is 9. The van der Waals surface area contributed by atoms with Gasteiger partial charge in [0.2, 0.25) is 5.91 Å². The number of hydrogen-bond donors (Lipinski definition) is 3. The molecule has 2 atom stereocenters. The van der Waals surface area contributed by atoms with E-state index in [1.807, 2.05) is 30.3 Å². The Bertz CT molecular complexity index is 407. The number of aliphatic hydroxyl groups is 1. The number of carbonyl (C=O) groups is 1. The highest BCUT2D eigenvalue weighted by Crippen LogP contribution is 2.14. The molecule has 4 heteroatoms. The summed E-state index contributed by atoms with van der Waals surface area (Å²) in [6, 6.07) is 9.62. The third kappa shape index (κ3) is 7.25. The maximum absolute atomic E-state index is 12.1. The van der Waals surface area contributed by atoms with E-state index >= 15 is 0 Å². The van der Waals surface area contributed by atoms with Gasteiger partial charge in [0, 0.05) is 6.42 Å². The Labute approximate surface area is 127 Å². The van der Waals surface area contributed by atoms with Crippen LogP contribution in [0.1, 0.15) is 32.3 Å². The van der Waals surface area contributed by atoms with E-state index in [1.165, 1.54) is 0 Å². The van der Waals surface area contributed by atoms with Crippen LogP contribution >= 0.6 is 0 Å². The monoisotopic (exact) mass is 292 g/mol. The second-order valence-corrected chi connectivity index (χ2v) is 6.07. The van der Waals surface area contributed by atoms with Gasteiger partial charge in [0.05, 0.1) is 12.6 Å². The van der Waals surface area contributed by atoms with Crippen molar-refractivity contribution in [3.8, 4) is 0 Å². The molecule has 0 saturated carbocycles. The average molecular weight is 292 g/mol. The van der Waals surface area contributed by atoms with Crippen molar-refractivity contribution in [2.45, 2.75) is 39.2 Å². The molecule has 118 valence electrons. The van der Waals surface area contributed by atoms with Crippen molar-refractivity contribution in [1.29, 1.82) is 0 Å². The van der Waals surface area contributed by atoms with Crippen molar-refractivity contribution < 1.29 is 9.90 Å². The molecule has 1 amide bonds. The summed E-state index contributed by atoms with van der Waals surface area (Å²) in [4.78, 5) is 12.1. The minimum absolute atomic E-state index is 0.0268. The molecule has 1 unspecified atom stereocenters. The van der Waals surface area contributed by atoms with Crippen molar-refractivity contribution >= 4 is 5.91 Å². The van der Waals surface area contributed by atoms with E-state index in [-0.39, 0.29) is 24.5 Å². The van der Waals surface area contributed by atoms with Crippen molar-refractivity contribution in [2.75, 3.05) is 13.2 Å². The summed E-state index contributed by atoms with van der Waals surface area (Å²) in [5.41, 5.74) is 6.83. The first kappa shape index (κ1) is 17.7. The molecule has 0 spiro atoms. The number of carbonyl (C=O) groups excluding carboxylic acids is 1. The fourth-order valence-corrected chi connectivity index (χ4v) is 2.54. The molecular formula is C17H28N2O2. The lowest BCUT2D eigenvalue weighted by atomic mass is 9.94. The summed E-state index contributed by atoms with van der Waals surface area (Å²) in [7, 11) is 0. The molecule has 4 nitrogen and oxygen atoms in total. The minimum Gasteiger partial charge on any atom is -0.394 e. The largest absolute Gasteiger partial charge is 0.394 e. The third-order valence-electron chi connectivity index (χ3n) is 3.52. The van der Waals surface area contributed by atoms with Crippen molar-refractivity contribution in [2.24, 2.45) is 17.6 Å². The van der Waals surface area contributed by atoms with Crippen molar-refractivity contribution in [3.63, 3.8) is 0 Å². The zero-order chi connectivity index (χ0) is 15.7. The number of amides is 1. The third-order valence-corrected chi connectivity index (χ3v) is 3.52. The number of benzene rings is 1. The molecule has 4 N–H and O–H groups in total. The second-order valence-electron chi connectivity index (χ2n) is 6.07. The standard InChI is InChI=1S/C17H28N2O2/c1-13(2)8-15(11-18)10-17(21)19-16(12-20)9-14-6-4-3-5-7-14/h3-7,13,15-16,20H,8-12,18H2,1-2H3,(H,19,21)/t15?,16-/m1/s1. The molecule has 21 heavy (non-hydrogen) atoms. The van der Waals surface area contributed by atoms with Crippen LogP contribution in [0.3, 0.4) is 0 Å². The van der Waals surface area contributed by atoms with Gasteiger partial charge in [-0.1, -0.05) is 44.2 Å². The minimum atomic E-state index is -0.239. The number of nitrogens with two attached hydrogens (primary N) is 1. The van der Waals surface area contributed by atoms with Crippen LogP contribution in [0.25, 0.3) is 0 Å². The summed E-state index contributed by atoms with van der Waals surface area (Å²) in [6.07, 6.45) is 2.02. The lowest BCUT2D eigenvalue weighted by Gasteiger charge is -2.20. The van der Waals surface area contributed by atoms with E-state index in [1.54, 1.807) is 0 Å². The van der Waals surface area contributed by atoms with Gasteiger partial charge in [0.25, 0.3) is 0 Å². The van der Waals surface area contributed by atoms with Crippen LogP contribution in [-0.2, 0) is 11.2 Å². The van der Waals surface area contributed by atoms with Crippen LogP contribution in [-0.4, -0.2) is 30.2 Å². The normalized spacial score (nSPS) is 14.0. The zero-order valence-electron chi connectivity index (χ0n) is 13.1. The van der Waals surface area contributed by atoms with E-state index < -0.39 is 0 Å². The topological polar surface area (TPSA) is 75.4 Å². The van der Waals surface area contributed by atoms with E-state index in [9.17, 15) is 9.90 Å². The Morgan fingerprint density at radius 1 is 1.29 bits per heavy atom. The number of nitrogens with one attached hydrogen (secondary N) is 1. The first-order chi connectivity index (χ1) is 10.0. The number of aliphatic hydroxyl groups excluding tert-OH is 1. The molecule has 0 heterocycles. The fourth-order valence-electron chi connectivity index (χ4n) is 2.54. The van der Waals surface area contributed by atoms with Gasteiger partial charge in [-0.2, -0.15) is 0 Å². The van der Waals surface area contributed by atoms with E-state index in [2.05, 4.69) is 19.2 Å². The van der Waals surface area contributed by atoms with Gasteiger partial charge in [-0.05, 0) is 36.8 Å². The molecule has 0 saturated heterocycles. The highest BCUT2D eigenvalue weighted by Gasteiger charge is 2.17. The van der Waals surface area contributed by atoms with Gasteiger partial charge >= 0.3 is 0 Å². The first-order valence-electron chi connectivity index (χ1n) is 7.69. The lowest BCUT2D eigenvalue weighted by molar-refractivity contribution is -0.123. The van der Waals surface area contributed by atoms with Crippen LogP contribution in [0.4, 0.5) is 0 Å². The summed E-state index contributed by atoms with van der Waals surface area (Å²) in [5, 5.41) is 12.3. The molecule has 0 radical (unpaired) electrons. The zero-order valence-corrected chi connectivity index (χ0v) is 13.1. The fraction of sp³-hybridized carbons (Fsp3) is 0.588. The SMILES string of the molecule is CC(C)CC(CN)CC(=O)N[C@@H](CO)Cc1ccccc1. The molecule has 1 aromatic rings. The van der Waals surface area contributed by atoms with Gasteiger partial charge in [-0.25, -0.2) is 0 Å². The van der Waals surface area contributed by atoms with Crippen LogP contribution in [0, 0.1) is 11.8 Å². The van der Waals surface area contributed by atoms with E-state index in [0.29, 0.717) is 25.3 Å². The molecule has 0 fully saturated rings. The predicted octanol–water partition coefficient (Wildman–Crippen LogP) is 1.72. The molecule has 0 aliphatic carbocycles. The summed E-state index contributed by atoms with van der Waals surface area (Å²) in [6.45, 7) is 4.73. The van der Waals surface area contributed by atoms with Crippen molar-refractivity contribution in [1.82, 2.24) is 5.32 Å². The summed E-state index contributed by atoms with van der Waals surface area (Å²) >= 11 is 0. The van der Waals surface area contributed by atoms with Crippen LogP contribution in [0.15, 0.2) is 30.3 Å². The van der Waals surface area contributed by atoms with Gasteiger partial charge < -0.3 is 16.2 Å². The van der Waals surface area contributed by atoms with Crippen LogP contribution in [0.2, 0.25) is 0 Å². The quantitative estimate of drug-likeness (QED) is 0.648. The Balaban J connectivity index is 2.46. The Kier molecular flexibility index (Phi) is 8.01. The average Bonchev–Trinajstić information content (AvgIpc) is 2.46. The van der Waals surface area contributed by atoms with Crippen LogP contribution in [0.5, 0.6) is 0 Å². The Morgan fingerprint density at radius 3 is 2.48 bits per heavy atom. The highest BCUT2D eigenvalue weighted by molar-refractivity contribution is 5.76. The molecular weight excluding hydrogens is 264 g/mol. The van der Waals surface area contributed by atoms with E-state index in [4.69, 9.17) is 5.73 Å². The van der Waals surface area contributed by atoms with Gasteiger partial charge in [0.15, 0.2) is 0 Å². The van der Waals surface area contributed by atoms with Crippen molar-refractivity contribution in [3.05, 3.63) is 35.9 Å². The predicted molar refractivity (Wildman–Crippen MR) is 85.8 cm³/mol. The second kappa shape index (κ2) is 9.53. The Morgan fingerprint density at radius 2 is 1.95 bits per heavy atom. The molecule has 0 aliphatic rings. The van der Waals surface area contributed by atoms with Crippen LogP contribution < -0.4 is 11.1 Å². The first-order valence-corrected chi connectivity index (χ1v) is 7.69. The van der Waals surface area contributed by atoms with Gasteiger partial charge in [-0.15, -0.1) is 0 Å². The maximum atomic E-state index is 12.1. The Hall–Kier alpha value is -1.39. The van der Waals surface area contributed by atoms with E-state index in [0.717, 1.165) is 12.0 Å². The smallest absolute Gasteiger partial charge is 0.220 e. The maximum Gasteiger partial charge on any atom is 0.220 e. The lowest BCUT2D eigenvalue weighted by Crippen LogP contribution is -2.40. The number of hydrogen-bond acceptors (Lipinski definition) is 3. The molecule has 0 aromatic heterocycles. The highest BCUT2D eigenvalue weighted by atomic mass is 16.3. The molecule has 1 aromatic carbocycles. The van der Waals surface area contributed by atoms with Gasteiger partial charge in [-0.3, -0.25) is 4.79 Å². The molecule has 0 bridgehead atoms. The molecule has 0 aliphatic heterocycles. The summed E-state index contributed by atoms with van der Waals surface area (Å²) in [5.74, 6) is 0.714.